The lowest BCUT2D eigenvalue weighted by Gasteiger charge is -2.24. The SMILES string of the molecule is CCCNC(Cc1cccnc1)C1=CCCCC1. The van der Waals surface area contributed by atoms with Gasteiger partial charge < -0.3 is 5.32 Å². The Labute approximate surface area is 111 Å². The van der Waals surface area contributed by atoms with Crippen LogP contribution in [-0.2, 0) is 6.42 Å². The molecule has 0 fully saturated rings. The minimum Gasteiger partial charge on any atom is -0.310 e. The normalized spacial score (nSPS) is 17.3. The van der Waals surface area contributed by atoms with Gasteiger partial charge in [0.25, 0.3) is 0 Å². The van der Waals surface area contributed by atoms with E-state index in [9.17, 15) is 0 Å². The smallest absolute Gasteiger partial charge is 0.0320 e. The first kappa shape index (κ1) is 13.3. The Kier molecular flexibility index (Phi) is 5.40. The lowest BCUT2D eigenvalue weighted by atomic mass is 9.90. The van der Waals surface area contributed by atoms with E-state index >= 15 is 0 Å². The predicted octanol–water partition coefficient (Wildman–Crippen LogP) is 3.49. The Morgan fingerprint density at radius 2 is 2.33 bits per heavy atom. The molecule has 0 bridgehead atoms. The summed E-state index contributed by atoms with van der Waals surface area (Å²) in [5.74, 6) is 0. The van der Waals surface area contributed by atoms with Crippen molar-refractivity contribution in [3.63, 3.8) is 0 Å². The summed E-state index contributed by atoms with van der Waals surface area (Å²) in [7, 11) is 0. The molecule has 0 saturated carbocycles. The Morgan fingerprint density at radius 3 is 3.00 bits per heavy atom. The zero-order valence-corrected chi connectivity index (χ0v) is 11.4. The largest absolute Gasteiger partial charge is 0.310 e. The molecule has 0 amide bonds. The van der Waals surface area contributed by atoms with E-state index in [1.165, 1.54) is 37.7 Å². The Balaban J connectivity index is 2.02. The van der Waals surface area contributed by atoms with Crippen molar-refractivity contribution in [1.82, 2.24) is 10.3 Å². The Morgan fingerprint density at radius 1 is 1.39 bits per heavy atom. The first-order valence-corrected chi connectivity index (χ1v) is 7.21. The molecule has 1 aromatic heterocycles. The van der Waals surface area contributed by atoms with Crippen molar-refractivity contribution in [1.29, 1.82) is 0 Å². The van der Waals surface area contributed by atoms with E-state index in [4.69, 9.17) is 0 Å². The van der Waals surface area contributed by atoms with Crippen molar-refractivity contribution in [2.75, 3.05) is 6.54 Å². The van der Waals surface area contributed by atoms with Crippen LogP contribution in [0.1, 0.15) is 44.6 Å². The van der Waals surface area contributed by atoms with Crippen LogP contribution >= 0.6 is 0 Å². The molecular weight excluding hydrogens is 220 g/mol. The standard InChI is InChI=1S/C16H24N2/c1-2-10-18-16(15-8-4-3-5-9-15)12-14-7-6-11-17-13-14/h6-8,11,13,16,18H,2-5,9-10,12H2,1H3. The molecule has 18 heavy (non-hydrogen) atoms. The van der Waals surface area contributed by atoms with Crippen LogP contribution in [0.3, 0.4) is 0 Å². The molecule has 2 rings (SSSR count). The molecule has 2 heteroatoms. The summed E-state index contributed by atoms with van der Waals surface area (Å²) in [4.78, 5) is 4.22. The number of rotatable bonds is 6. The number of hydrogen-bond donors (Lipinski definition) is 1. The van der Waals surface area contributed by atoms with Gasteiger partial charge in [-0.2, -0.15) is 0 Å². The van der Waals surface area contributed by atoms with Crippen LogP contribution in [0.4, 0.5) is 0 Å². The second kappa shape index (κ2) is 7.32. The highest BCUT2D eigenvalue weighted by atomic mass is 14.9. The van der Waals surface area contributed by atoms with Gasteiger partial charge in [-0.15, -0.1) is 0 Å². The molecule has 1 aromatic rings. The molecule has 1 unspecified atom stereocenters. The fraction of sp³-hybridized carbons (Fsp3) is 0.562. The van der Waals surface area contributed by atoms with Gasteiger partial charge in [0.2, 0.25) is 0 Å². The highest BCUT2D eigenvalue weighted by Gasteiger charge is 2.16. The first-order valence-electron chi connectivity index (χ1n) is 7.21. The molecule has 1 aliphatic rings. The summed E-state index contributed by atoms with van der Waals surface area (Å²) < 4.78 is 0. The van der Waals surface area contributed by atoms with Gasteiger partial charge in [0.1, 0.15) is 0 Å². The average Bonchev–Trinajstić information content (AvgIpc) is 2.45. The second-order valence-corrected chi connectivity index (χ2v) is 5.10. The molecular formula is C16H24N2. The number of aromatic nitrogens is 1. The van der Waals surface area contributed by atoms with Gasteiger partial charge >= 0.3 is 0 Å². The third-order valence-corrected chi connectivity index (χ3v) is 3.58. The van der Waals surface area contributed by atoms with Crippen molar-refractivity contribution in [2.24, 2.45) is 0 Å². The number of nitrogens with zero attached hydrogens (tertiary/aromatic N) is 1. The van der Waals surface area contributed by atoms with Gasteiger partial charge in [0, 0.05) is 18.4 Å². The highest BCUT2D eigenvalue weighted by molar-refractivity contribution is 5.19. The van der Waals surface area contributed by atoms with Gasteiger partial charge in [0.05, 0.1) is 0 Å². The van der Waals surface area contributed by atoms with Crippen molar-refractivity contribution < 1.29 is 0 Å². The summed E-state index contributed by atoms with van der Waals surface area (Å²) in [6.45, 7) is 3.33. The maximum absolute atomic E-state index is 4.22. The van der Waals surface area contributed by atoms with Crippen molar-refractivity contribution in [2.45, 2.75) is 51.5 Å². The quantitative estimate of drug-likeness (QED) is 0.775. The van der Waals surface area contributed by atoms with Gasteiger partial charge in [-0.25, -0.2) is 0 Å². The summed E-state index contributed by atoms with van der Waals surface area (Å²) in [5.41, 5.74) is 2.94. The number of allylic oxidation sites excluding steroid dienone is 1. The molecule has 0 spiro atoms. The van der Waals surface area contributed by atoms with Crippen LogP contribution in [0.25, 0.3) is 0 Å². The summed E-state index contributed by atoms with van der Waals surface area (Å²) in [6, 6.07) is 4.72. The van der Waals surface area contributed by atoms with Crippen molar-refractivity contribution in [3.8, 4) is 0 Å². The summed E-state index contributed by atoms with van der Waals surface area (Å²) in [5, 5.41) is 3.69. The lowest BCUT2D eigenvalue weighted by Crippen LogP contribution is -2.34. The Hall–Kier alpha value is -1.15. The van der Waals surface area contributed by atoms with Gasteiger partial charge in [-0.1, -0.05) is 24.6 Å². The van der Waals surface area contributed by atoms with Gasteiger partial charge in [0.15, 0.2) is 0 Å². The molecule has 1 heterocycles. The zero-order valence-electron chi connectivity index (χ0n) is 11.4. The van der Waals surface area contributed by atoms with Gasteiger partial charge in [-0.05, 0) is 56.7 Å². The van der Waals surface area contributed by atoms with Gasteiger partial charge in [-0.3, -0.25) is 4.98 Å². The summed E-state index contributed by atoms with van der Waals surface area (Å²) in [6.07, 6.45) is 13.8. The summed E-state index contributed by atoms with van der Waals surface area (Å²) >= 11 is 0. The van der Waals surface area contributed by atoms with Crippen LogP contribution in [0.15, 0.2) is 36.2 Å². The second-order valence-electron chi connectivity index (χ2n) is 5.10. The van der Waals surface area contributed by atoms with E-state index in [0.717, 1.165) is 13.0 Å². The molecule has 1 atom stereocenters. The molecule has 98 valence electrons. The molecule has 0 saturated heterocycles. The first-order chi connectivity index (χ1) is 8.90. The molecule has 2 nitrogen and oxygen atoms in total. The molecule has 1 N–H and O–H groups in total. The zero-order chi connectivity index (χ0) is 12.6. The number of hydrogen-bond acceptors (Lipinski definition) is 2. The topological polar surface area (TPSA) is 24.9 Å². The minimum absolute atomic E-state index is 0.509. The third kappa shape index (κ3) is 3.95. The fourth-order valence-corrected chi connectivity index (χ4v) is 2.59. The monoisotopic (exact) mass is 244 g/mol. The highest BCUT2D eigenvalue weighted by Crippen LogP contribution is 2.22. The van der Waals surface area contributed by atoms with E-state index in [2.05, 4.69) is 29.4 Å². The van der Waals surface area contributed by atoms with E-state index in [1.807, 2.05) is 18.5 Å². The van der Waals surface area contributed by atoms with Crippen molar-refractivity contribution >= 4 is 0 Å². The number of nitrogens with one attached hydrogen (secondary N) is 1. The number of pyridine rings is 1. The van der Waals surface area contributed by atoms with Crippen LogP contribution in [-0.4, -0.2) is 17.6 Å². The van der Waals surface area contributed by atoms with Crippen LogP contribution in [0.2, 0.25) is 0 Å². The Bertz CT molecular complexity index is 370. The van der Waals surface area contributed by atoms with E-state index in [1.54, 1.807) is 5.57 Å². The molecule has 0 aromatic carbocycles. The molecule has 0 radical (unpaired) electrons. The maximum Gasteiger partial charge on any atom is 0.0320 e. The predicted molar refractivity (Wildman–Crippen MR) is 76.6 cm³/mol. The van der Waals surface area contributed by atoms with Crippen LogP contribution in [0.5, 0.6) is 0 Å². The lowest BCUT2D eigenvalue weighted by molar-refractivity contribution is 0.525. The third-order valence-electron chi connectivity index (χ3n) is 3.58. The maximum atomic E-state index is 4.22. The van der Waals surface area contributed by atoms with E-state index in [-0.39, 0.29) is 0 Å². The minimum atomic E-state index is 0.509. The average molecular weight is 244 g/mol. The van der Waals surface area contributed by atoms with Crippen LogP contribution < -0.4 is 5.32 Å². The molecule has 1 aliphatic carbocycles. The van der Waals surface area contributed by atoms with Crippen LogP contribution in [0, 0.1) is 0 Å². The van der Waals surface area contributed by atoms with Crippen molar-refractivity contribution in [3.05, 3.63) is 41.7 Å². The fourth-order valence-electron chi connectivity index (χ4n) is 2.59. The van der Waals surface area contributed by atoms with E-state index in [0.29, 0.717) is 6.04 Å². The van der Waals surface area contributed by atoms with E-state index < -0.39 is 0 Å². The molecule has 0 aliphatic heterocycles.